The van der Waals surface area contributed by atoms with Gasteiger partial charge in [0.2, 0.25) is 0 Å². The Balaban J connectivity index is 1.88. The van der Waals surface area contributed by atoms with Crippen molar-refractivity contribution < 1.29 is 19.8 Å². The van der Waals surface area contributed by atoms with Crippen LogP contribution in [0.1, 0.15) is 33.6 Å². The van der Waals surface area contributed by atoms with E-state index in [0.29, 0.717) is 11.5 Å². The van der Waals surface area contributed by atoms with Gasteiger partial charge in [-0.1, -0.05) is 0 Å². The number of aromatic nitrogens is 4. The van der Waals surface area contributed by atoms with Crippen LogP contribution in [0.15, 0.2) is 12.5 Å². The number of carboxylic acids is 2. The number of carbonyl (C=O) groups is 2. The first kappa shape index (κ1) is 17.1. The van der Waals surface area contributed by atoms with Crippen LogP contribution in [0.2, 0.25) is 0 Å². The first-order valence-corrected chi connectivity index (χ1v) is 8.10. The van der Waals surface area contributed by atoms with Crippen LogP contribution in [0.4, 0.5) is 5.82 Å². The highest BCUT2D eigenvalue weighted by Gasteiger charge is 2.43. The highest BCUT2D eigenvalue weighted by molar-refractivity contribution is 5.86. The number of hydrogen-bond acceptors (Lipinski definition) is 6. The van der Waals surface area contributed by atoms with E-state index in [4.69, 9.17) is 0 Å². The minimum Gasteiger partial charge on any atom is -0.481 e. The maximum Gasteiger partial charge on any atom is 0.307 e. The molecule has 9 nitrogen and oxygen atoms in total. The van der Waals surface area contributed by atoms with Crippen molar-refractivity contribution in [3.8, 4) is 0 Å². The minimum atomic E-state index is -1.08. The Morgan fingerprint density at radius 2 is 1.76 bits per heavy atom. The average Bonchev–Trinajstić information content (AvgIpc) is 3.11. The molecule has 0 bridgehead atoms. The van der Waals surface area contributed by atoms with Crippen LogP contribution in [0.3, 0.4) is 0 Å². The van der Waals surface area contributed by atoms with Gasteiger partial charge in [0.25, 0.3) is 0 Å². The fourth-order valence-electron chi connectivity index (χ4n) is 3.34. The Kier molecular flexibility index (Phi) is 4.09. The zero-order valence-corrected chi connectivity index (χ0v) is 14.3. The van der Waals surface area contributed by atoms with E-state index in [-0.39, 0.29) is 24.4 Å². The van der Waals surface area contributed by atoms with Crippen molar-refractivity contribution in [2.45, 2.75) is 45.2 Å². The third-order valence-corrected chi connectivity index (χ3v) is 4.54. The summed E-state index contributed by atoms with van der Waals surface area (Å²) in [6.07, 6.45) is 3.57. The van der Waals surface area contributed by atoms with Crippen molar-refractivity contribution in [1.29, 1.82) is 0 Å². The maximum atomic E-state index is 11.3. The predicted molar refractivity (Wildman–Crippen MR) is 89.2 cm³/mol. The summed E-state index contributed by atoms with van der Waals surface area (Å²) in [7, 11) is 0. The largest absolute Gasteiger partial charge is 0.481 e. The SMILES string of the molecule is CC(C)(C)n1ncc2c(NC3C[C@H](C(=O)O)[C@@H](C(=O)O)C3)ncnc21. The molecular weight excluding hydrogens is 326 g/mol. The van der Waals surface area contributed by atoms with Gasteiger partial charge in [0.05, 0.1) is 29.0 Å². The number of anilines is 1. The standard InChI is InChI=1S/C16H21N5O4/c1-16(2,3)21-13-11(6-19-21)12(17-7-18-13)20-8-4-9(14(22)23)10(5-8)15(24)25/h6-10H,4-5H2,1-3H3,(H,22,23)(H,24,25)(H,17,18,20)/t9-,10-/m0/s1. The van der Waals surface area contributed by atoms with E-state index in [2.05, 4.69) is 20.4 Å². The van der Waals surface area contributed by atoms with Crippen molar-refractivity contribution in [1.82, 2.24) is 19.7 Å². The first-order valence-electron chi connectivity index (χ1n) is 8.10. The summed E-state index contributed by atoms with van der Waals surface area (Å²) in [6, 6.07) is -0.279. The number of nitrogens with zero attached hydrogens (tertiary/aromatic N) is 4. The van der Waals surface area contributed by atoms with Gasteiger partial charge in [-0.3, -0.25) is 9.59 Å². The summed E-state index contributed by atoms with van der Waals surface area (Å²) in [5.41, 5.74) is 0.427. The highest BCUT2D eigenvalue weighted by Crippen LogP contribution is 2.35. The van der Waals surface area contributed by atoms with Crippen molar-refractivity contribution >= 4 is 28.8 Å². The van der Waals surface area contributed by atoms with E-state index in [1.165, 1.54) is 6.33 Å². The molecule has 134 valence electrons. The molecule has 9 heteroatoms. The van der Waals surface area contributed by atoms with E-state index in [1.807, 2.05) is 20.8 Å². The molecule has 0 radical (unpaired) electrons. The smallest absolute Gasteiger partial charge is 0.307 e. The molecule has 1 fully saturated rings. The molecule has 0 unspecified atom stereocenters. The predicted octanol–water partition coefficient (Wildman–Crippen LogP) is 1.56. The summed E-state index contributed by atoms with van der Waals surface area (Å²) < 4.78 is 1.80. The lowest BCUT2D eigenvalue weighted by molar-refractivity contribution is -0.152. The van der Waals surface area contributed by atoms with Gasteiger partial charge in [-0.25, -0.2) is 14.6 Å². The highest BCUT2D eigenvalue weighted by atomic mass is 16.4. The number of nitrogens with one attached hydrogen (secondary N) is 1. The summed E-state index contributed by atoms with van der Waals surface area (Å²) in [4.78, 5) is 31.1. The van der Waals surface area contributed by atoms with Crippen LogP contribution in [0, 0.1) is 11.8 Å². The second-order valence-corrected chi connectivity index (χ2v) is 7.39. The van der Waals surface area contributed by atoms with Gasteiger partial charge in [-0.2, -0.15) is 5.10 Å². The van der Waals surface area contributed by atoms with E-state index < -0.39 is 23.8 Å². The van der Waals surface area contributed by atoms with Crippen molar-refractivity contribution in [3.05, 3.63) is 12.5 Å². The average molecular weight is 347 g/mol. The lowest BCUT2D eigenvalue weighted by Gasteiger charge is -2.20. The molecule has 25 heavy (non-hydrogen) atoms. The Morgan fingerprint density at radius 3 is 2.28 bits per heavy atom. The number of rotatable bonds is 4. The van der Waals surface area contributed by atoms with Crippen LogP contribution >= 0.6 is 0 Å². The third kappa shape index (κ3) is 3.13. The van der Waals surface area contributed by atoms with Gasteiger partial charge in [0.1, 0.15) is 12.1 Å². The number of hydrogen-bond donors (Lipinski definition) is 3. The lowest BCUT2D eigenvalue weighted by Crippen LogP contribution is -2.24. The molecule has 2 heterocycles. The van der Waals surface area contributed by atoms with Crippen molar-refractivity contribution in [3.63, 3.8) is 0 Å². The van der Waals surface area contributed by atoms with Gasteiger partial charge in [0.15, 0.2) is 5.65 Å². The number of fused-ring (bicyclic) bond motifs is 1. The molecule has 0 aliphatic heterocycles. The van der Waals surface area contributed by atoms with Gasteiger partial charge < -0.3 is 15.5 Å². The van der Waals surface area contributed by atoms with Crippen molar-refractivity contribution in [2.24, 2.45) is 11.8 Å². The fourth-order valence-corrected chi connectivity index (χ4v) is 3.34. The summed E-state index contributed by atoms with van der Waals surface area (Å²) in [5, 5.41) is 26.8. The van der Waals surface area contributed by atoms with Gasteiger partial charge in [-0.05, 0) is 33.6 Å². The van der Waals surface area contributed by atoms with E-state index in [0.717, 1.165) is 5.39 Å². The molecule has 0 spiro atoms. The van der Waals surface area contributed by atoms with Crippen LogP contribution in [-0.4, -0.2) is 47.9 Å². The Morgan fingerprint density at radius 1 is 1.16 bits per heavy atom. The normalized spacial score (nSPS) is 21.6. The Bertz CT molecular complexity index is 804. The van der Waals surface area contributed by atoms with E-state index in [9.17, 15) is 19.8 Å². The Hall–Kier alpha value is -2.71. The lowest BCUT2D eigenvalue weighted by atomic mass is 9.97. The molecule has 0 amide bonds. The first-order chi connectivity index (χ1) is 11.7. The van der Waals surface area contributed by atoms with Crippen LogP contribution in [0.5, 0.6) is 0 Å². The molecule has 3 rings (SSSR count). The molecule has 1 aliphatic rings. The minimum absolute atomic E-state index is 0.241. The third-order valence-electron chi connectivity index (χ3n) is 4.54. The zero-order chi connectivity index (χ0) is 18.4. The maximum absolute atomic E-state index is 11.3. The summed E-state index contributed by atoms with van der Waals surface area (Å²) in [5.74, 6) is -3.41. The molecule has 0 saturated heterocycles. The second-order valence-electron chi connectivity index (χ2n) is 7.39. The second kappa shape index (κ2) is 5.98. The molecular formula is C16H21N5O4. The summed E-state index contributed by atoms with van der Waals surface area (Å²) in [6.45, 7) is 6.04. The van der Waals surface area contributed by atoms with Gasteiger partial charge in [0, 0.05) is 6.04 Å². The summed E-state index contributed by atoms with van der Waals surface area (Å²) >= 11 is 0. The van der Waals surface area contributed by atoms with E-state index in [1.54, 1.807) is 10.9 Å². The molecule has 1 saturated carbocycles. The molecule has 2 aromatic heterocycles. The van der Waals surface area contributed by atoms with Gasteiger partial charge >= 0.3 is 11.9 Å². The fraction of sp³-hybridized carbons (Fsp3) is 0.562. The molecule has 1 aliphatic carbocycles. The van der Waals surface area contributed by atoms with Crippen LogP contribution in [0.25, 0.3) is 11.0 Å². The van der Waals surface area contributed by atoms with Crippen LogP contribution < -0.4 is 5.32 Å². The van der Waals surface area contributed by atoms with Gasteiger partial charge in [-0.15, -0.1) is 0 Å². The molecule has 3 N–H and O–H groups in total. The molecule has 0 aromatic carbocycles. The number of carboxylic acid groups (broad SMARTS) is 2. The molecule has 2 aromatic rings. The number of aliphatic carboxylic acids is 2. The Labute approximate surface area is 144 Å². The monoisotopic (exact) mass is 347 g/mol. The molecule has 2 atom stereocenters. The van der Waals surface area contributed by atoms with E-state index >= 15 is 0 Å². The van der Waals surface area contributed by atoms with Crippen LogP contribution in [-0.2, 0) is 15.1 Å². The van der Waals surface area contributed by atoms with Crippen molar-refractivity contribution in [2.75, 3.05) is 5.32 Å². The quantitative estimate of drug-likeness (QED) is 0.759. The topological polar surface area (TPSA) is 130 Å². The zero-order valence-electron chi connectivity index (χ0n) is 14.3.